The third kappa shape index (κ3) is 4.25. The first kappa shape index (κ1) is 13.8. The molecule has 92 valence electrons. The molecule has 0 saturated heterocycles. The number of hydrogen-bond donors (Lipinski definition) is 1. The van der Waals surface area contributed by atoms with Crippen molar-refractivity contribution in [1.29, 1.82) is 5.26 Å². The van der Waals surface area contributed by atoms with Crippen LogP contribution in [-0.2, 0) is 16.6 Å². The van der Waals surface area contributed by atoms with Crippen molar-refractivity contribution in [2.45, 2.75) is 12.7 Å². The summed E-state index contributed by atoms with van der Waals surface area (Å²) in [6.07, 6.45) is 0. The summed E-state index contributed by atoms with van der Waals surface area (Å²) in [5, 5.41) is 8.60. The molecule has 1 aromatic rings. The summed E-state index contributed by atoms with van der Waals surface area (Å²) in [7, 11) is -1.12. The summed E-state index contributed by atoms with van der Waals surface area (Å²) in [6, 6.07) is 6.07. The van der Waals surface area contributed by atoms with E-state index in [1.165, 1.54) is 18.2 Å². The number of benzene rings is 1. The number of rotatable bonds is 5. The standard InChI is InChI=1S/C12H15FN2OS/c1-9(5-14)7-17(16)8-11-3-2-10(6-15)4-12(11)13/h2-4,9H,5,7-8,14H2,1H3. The molecule has 0 fully saturated rings. The van der Waals surface area contributed by atoms with E-state index in [-0.39, 0.29) is 17.2 Å². The van der Waals surface area contributed by atoms with Gasteiger partial charge in [0.05, 0.1) is 17.4 Å². The Bertz CT molecular complexity index is 456. The predicted molar refractivity (Wildman–Crippen MR) is 66.0 cm³/mol. The van der Waals surface area contributed by atoms with Crippen molar-refractivity contribution < 1.29 is 8.60 Å². The molecule has 0 aliphatic heterocycles. The fraction of sp³-hybridized carbons (Fsp3) is 0.417. The van der Waals surface area contributed by atoms with E-state index in [1.54, 1.807) is 0 Å². The van der Waals surface area contributed by atoms with Gasteiger partial charge in [-0.1, -0.05) is 13.0 Å². The quantitative estimate of drug-likeness (QED) is 0.866. The normalized spacial score (nSPS) is 14.0. The third-order valence-corrected chi connectivity index (χ3v) is 3.95. The monoisotopic (exact) mass is 254 g/mol. The smallest absolute Gasteiger partial charge is 0.128 e. The number of nitriles is 1. The summed E-state index contributed by atoms with van der Waals surface area (Å²) < 4.78 is 25.2. The molecule has 2 N–H and O–H groups in total. The van der Waals surface area contributed by atoms with E-state index in [0.29, 0.717) is 17.9 Å². The molecule has 2 unspecified atom stereocenters. The molecular formula is C12H15FN2OS. The summed E-state index contributed by atoms with van der Waals surface area (Å²) in [6.45, 7) is 2.38. The maximum atomic E-state index is 13.5. The summed E-state index contributed by atoms with van der Waals surface area (Å²) in [5.74, 6) is 0.327. The molecule has 5 heteroatoms. The highest BCUT2D eigenvalue weighted by molar-refractivity contribution is 7.84. The van der Waals surface area contributed by atoms with Gasteiger partial charge in [0.15, 0.2) is 0 Å². The van der Waals surface area contributed by atoms with Gasteiger partial charge in [0, 0.05) is 22.1 Å². The molecule has 17 heavy (non-hydrogen) atoms. The van der Waals surface area contributed by atoms with Gasteiger partial charge in [0.2, 0.25) is 0 Å². The van der Waals surface area contributed by atoms with Crippen molar-refractivity contribution in [2.75, 3.05) is 12.3 Å². The van der Waals surface area contributed by atoms with Crippen molar-refractivity contribution in [2.24, 2.45) is 11.7 Å². The van der Waals surface area contributed by atoms with E-state index in [4.69, 9.17) is 11.0 Å². The summed E-state index contributed by atoms with van der Waals surface area (Å²) in [5.41, 5.74) is 6.09. The van der Waals surface area contributed by atoms with Gasteiger partial charge in [-0.2, -0.15) is 5.26 Å². The van der Waals surface area contributed by atoms with E-state index in [0.717, 1.165) is 0 Å². The Morgan fingerprint density at radius 2 is 2.29 bits per heavy atom. The fourth-order valence-electron chi connectivity index (χ4n) is 1.35. The predicted octanol–water partition coefficient (Wildman–Crippen LogP) is 1.54. The zero-order valence-electron chi connectivity index (χ0n) is 9.65. The van der Waals surface area contributed by atoms with Crippen LogP contribution < -0.4 is 5.73 Å². The van der Waals surface area contributed by atoms with Gasteiger partial charge in [0.1, 0.15) is 5.82 Å². The molecule has 0 aromatic heterocycles. The Morgan fingerprint density at radius 1 is 1.59 bits per heavy atom. The first-order valence-corrected chi connectivity index (χ1v) is 6.79. The highest BCUT2D eigenvalue weighted by Crippen LogP contribution is 2.13. The van der Waals surface area contributed by atoms with Crippen LogP contribution in [0.4, 0.5) is 4.39 Å². The van der Waals surface area contributed by atoms with Crippen molar-refractivity contribution >= 4 is 10.8 Å². The molecule has 1 rings (SSSR count). The number of hydrogen-bond acceptors (Lipinski definition) is 3. The third-order valence-electron chi connectivity index (χ3n) is 2.37. The zero-order valence-corrected chi connectivity index (χ0v) is 10.5. The van der Waals surface area contributed by atoms with Gasteiger partial charge in [-0.3, -0.25) is 4.21 Å². The van der Waals surface area contributed by atoms with Gasteiger partial charge >= 0.3 is 0 Å². The van der Waals surface area contributed by atoms with E-state index in [2.05, 4.69) is 0 Å². The molecule has 0 spiro atoms. The fourth-order valence-corrected chi connectivity index (χ4v) is 2.82. The van der Waals surface area contributed by atoms with Gasteiger partial charge in [-0.05, 0) is 24.6 Å². The van der Waals surface area contributed by atoms with E-state index < -0.39 is 16.6 Å². The molecule has 0 bridgehead atoms. The van der Waals surface area contributed by atoms with E-state index >= 15 is 0 Å². The topological polar surface area (TPSA) is 66.9 Å². The number of nitrogens with two attached hydrogens (primary N) is 1. The van der Waals surface area contributed by atoms with Crippen LogP contribution in [0.5, 0.6) is 0 Å². The molecule has 1 aromatic carbocycles. The highest BCUT2D eigenvalue weighted by Gasteiger charge is 2.10. The van der Waals surface area contributed by atoms with Crippen molar-refractivity contribution in [3.63, 3.8) is 0 Å². The lowest BCUT2D eigenvalue weighted by molar-refractivity contribution is 0.612. The van der Waals surface area contributed by atoms with Gasteiger partial charge < -0.3 is 5.73 Å². The highest BCUT2D eigenvalue weighted by atomic mass is 32.2. The second kappa shape index (κ2) is 6.48. The number of nitrogens with zero attached hydrogens (tertiary/aromatic N) is 1. The van der Waals surface area contributed by atoms with Crippen LogP contribution in [0.15, 0.2) is 18.2 Å². The average molecular weight is 254 g/mol. The Hall–Kier alpha value is -1.25. The SMILES string of the molecule is CC(CN)CS(=O)Cc1ccc(C#N)cc1F. The Morgan fingerprint density at radius 3 is 2.82 bits per heavy atom. The minimum absolute atomic E-state index is 0.164. The number of halogens is 1. The molecule has 0 radical (unpaired) electrons. The van der Waals surface area contributed by atoms with E-state index in [9.17, 15) is 8.60 Å². The Kier molecular flexibility index (Phi) is 5.26. The van der Waals surface area contributed by atoms with Gasteiger partial charge in [0.25, 0.3) is 0 Å². The first-order chi connectivity index (χ1) is 8.06. The second-order valence-corrected chi connectivity index (χ2v) is 5.51. The lowest BCUT2D eigenvalue weighted by atomic mass is 10.1. The van der Waals surface area contributed by atoms with Crippen LogP contribution in [0.25, 0.3) is 0 Å². The molecule has 0 heterocycles. The van der Waals surface area contributed by atoms with Crippen LogP contribution in [0, 0.1) is 23.1 Å². The van der Waals surface area contributed by atoms with Crippen molar-refractivity contribution in [3.8, 4) is 6.07 Å². The summed E-state index contributed by atoms with van der Waals surface area (Å²) in [4.78, 5) is 0. The summed E-state index contributed by atoms with van der Waals surface area (Å²) >= 11 is 0. The van der Waals surface area contributed by atoms with Crippen molar-refractivity contribution in [1.82, 2.24) is 0 Å². The molecule has 2 atom stereocenters. The largest absolute Gasteiger partial charge is 0.330 e. The maximum absolute atomic E-state index is 13.5. The van der Waals surface area contributed by atoms with Crippen LogP contribution >= 0.6 is 0 Å². The molecule has 0 aliphatic carbocycles. The lowest BCUT2D eigenvalue weighted by Gasteiger charge is -2.08. The second-order valence-electron chi connectivity index (χ2n) is 4.01. The minimum atomic E-state index is -1.12. The van der Waals surface area contributed by atoms with Crippen LogP contribution in [0.3, 0.4) is 0 Å². The van der Waals surface area contributed by atoms with Crippen LogP contribution in [0.2, 0.25) is 0 Å². The lowest BCUT2D eigenvalue weighted by Crippen LogP contribution is -2.18. The Balaban J connectivity index is 2.69. The Labute approximate surface area is 103 Å². The molecular weight excluding hydrogens is 239 g/mol. The molecule has 0 saturated carbocycles. The van der Waals surface area contributed by atoms with Crippen LogP contribution in [-0.4, -0.2) is 16.5 Å². The van der Waals surface area contributed by atoms with E-state index in [1.807, 2.05) is 13.0 Å². The van der Waals surface area contributed by atoms with Gasteiger partial charge in [-0.25, -0.2) is 4.39 Å². The minimum Gasteiger partial charge on any atom is -0.330 e. The molecule has 0 amide bonds. The van der Waals surface area contributed by atoms with Crippen LogP contribution in [0.1, 0.15) is 18.1 Å². The van der Waals surface area contributed by atoms with Gasteiger partial charge in [-0.15, -0.1) is 0 Å². The van der Waals surface area contributed by atoms with Crippen molar-refractivity contribution in [3.05, 3.63) is 35.1 Å². The maximum Gasteiger partial charge on any atom is 0.128 e. The average Bonchev–Trinajstić information content (AvgIpc) is 2.31. The zero-order chi connectivity index (χ0) is 12.8. The molecule has 3 nitrogen and oxygen atoms in total. The molecule has 0 aliphatic rings. The first-order valence-electron chi connectivity index (χ1n) is 5.30.